The van der Waals surface area contributed by atoms with Crippen molar-refractivity contribution in [3.05, 3.63) is 29.5 Å². The summed E-state index contributed by atoms with van der Waals surface area (Å²) in [7, 11) is 0. The standard InChI is InChI=1S/C18H20N4O3/c1-10-14(11-5-8-22(9-6-11)18(24)25)13-4-7-19-16(13)20-15(10)21-17(23)12-2-3-12/h4-5,7,12H,2-3,6,8-9H2,1H3,(H,24,25)(H2,19,20,21,23). The first kappa shape index (κ1) is 15.7. The second-order valence-electron chi connectivity index (χ2n) is 6.67. The smallest absolute Gasteiger partial charge is 0.407 e. The molecular formula is C18H20N4O3. The number of anilines is 1. The van der Waals surface area contributed by atoms with Gasteiger partial charge in [-0.3, -0.25) is 4.79 Å². The Bertz CT molecular complexity index is 895. The fraction of sp³-hybridized carbons (Fsp3) is 0.389. The summed E-state index contributed by atoms with van der Waals surface area (Å²) in [5.41, 5.74) is 3.80. The van der Waals surface area contributed by atoms with Crippen LogP contribution in [-0.2, 0) is 4.79 Å². The van der Waals surface area contributed by atoms with Gasteiger partial charge in [-0.1, -0.05) is 6.08 Å². The number of fused-ring (bicyclic) bond motifs is 1. The molecule has 2 aliphatic rings. The van der Waals surface area contributed by atoms with Gasteiger partial charge in [0.2, 0.25) is 5.91 Å². The Morgan fingerprint density at radius 2 is 2.20 bits per heavy atom. The van der Waals surface area contributed by atoms with Gasteiger partial charge in [0.05, 0.1) is 0 Å². The molecule has 1 aliphatic heterocycles. The van der Waals surface area contributed by atoms with E-state index in [1.165, 1.54) is 4.90 Å². The molecule has 3 N–H and O–H groups in total. The molecule has 130 valence electrons. The molecule has 0 saturated heterocycles. The molecule has 3 heterocycles. The average molecular weight is 340 g/mol. The van der Waals surface area contributed by atoms with Crippen LogP contribution in [-0.4, -0.2) is 45.1 Å². The highest BCUT2D eigenvalue weighted by atomic mass is 16.4. The molecule has 25 heavy (non-hydrogen) atoms. The van der Waals surface area contributed by atoms with Crippen LogP contribution in [0.15, 0.2) is 18.3 Å². The van der Waals surface area contributed by atoms with Crippen molar-refractivity contribution < 1.29 is 14.7 Å². The monoisotopic (exact) mass is 340 g/mol. The Morgan fingerprint density at radius 3 is 2.84 bits per heavy atom. The summed E-state index contributed by atoms with van der Waals surface area (Å²) in [4.78, 5) is 32.3. The lowest BCUT2D eigenvalue weighted by Gasteiger charge is -2.25. The van der Waals surface area contributed by atoms with Gasteiger partial charge < -0.3 is 20.3 Å². The van der Waals surface area contributed by atoms with E-state index in [0.29, 0.717) is 25.3 Å². The van der Waals surface area contributed by atoms with Crippen LogP contribution in [0.25, 0.3) is 16.6 Å². The average Bonchev–Trinajstić information content (AvgIpc) is 3.35. The zero-order valence-electron chi connectivity index (χ0n) is 14.0. The van der Waals surface area contributed by atoms with Gasteiger partial charge in [-0.25, -0.2) is 9.78 Å². The third kappa shape index (κ3) is 2.86. The Morgan fingerprint density at radius 1 is 1.40 bits per heavy atom. The number of nitrogens with zero attached hydrogens (tertiary/aromatic N) is 2. The van der Waals surface area contributed by atoms with Crippen molar-refractivity contribution in [2.75, 3.05) is 18.4 Å². The zero-order chi connectivity index (χ0) is 17.6. The topological polar surface area (TPSA) is 98.3 Å². The molecule has 0 spiro atoms. The first-order chi connectivity index (χ1) is 12.0. The third-order valence-corrected chi connectivity index (χ3v) is 4.94. The summed E-state index contributed by atoms with van der Waals surface area (Å²) >= 11 is 0. The number of amides is 2. The minimum Gasteiger partial charge on any atom is -0.465 e. The van der Waals surface area contributed by atoms with E-state index in [-0.39, 0.29) is 11.8 Å². The van der Waals surface area contributed by atoms with Gasteiger partial charge in [-0.05, 0) is 43.4 Å². The Hall–Kier alpha value is -2.83. The van der Waals surface area contributed by atoms with Crippen molar-refractivity contribution in [2.24, 2.45) is 5.92 Å². The molecule has 7 nitrogen and oxygen atoms in total. The number of rotatable bonds is 3. The molecule has 0 atom stereocenters. The normalized spacial score (nSPS) is 17.5. The highest BCUT2D eigenvalue weighted by molar-refractivity contribution is 5.99. The number of aromatic nitrogens is 2. The maximum atomic E-state index is 12.2. The second-order valence-corrected chi connectivity index (χ2v) is 6.67. The van der Waals surface area contributed by atoms with Crippen molar-refractivity contribution in [1.82, 2.24) is 14.9 Å². The van der Waals surface area contributed by atoms with E-state index in [1.807, 2.05) is 25.3 Å². The fourth-order valence-electron chi connectivity index (χ4n) is 3.34. The molecule has 1 saturated carbocycles. The van der Waals surface area contributed by atoms with Crippen molar-refractivity contribution in [2.45, 2.75) is 26.2 Å². The number of hydrogen-bond donors (Lipinski definition) is 3. The summed E-state index contributed by atoms with van der Waals surface area (Å²) < 4.78 is 0. The molecule has 2 aromatic rings. The molecule has 1 fully saturated rings. The number of hydrogen-bond acceptors (Lipinski definition) is 3. The van der Waals surface area contributed by atoms with Crippen LogP contribution in [0.2, 0.25) is 0 Å². The number of carbonyl (C=O) groups excluding carboxylic acids is 1. The quantitative estimate of drug-likeness (QED) is 0.800. The predicted molar refractivity (Wildman–Crippen MR) is 94.4 cm³/mol. The van der Waals surface area contributed by atoms with Crippen LogP contribution in [0, 0.1) is 12.8 Å². The molecule has 0 unspecified atom stereocenters. The Labute approximate surface area is 144 Å². The van der Waals surface area contributed by atoms with Crippen LogP contribution in [0.3, 0.4) is 0 Å². The molecule has 7 heteroatoms. The number of H-pyrrole nitrogens is 1. The Kier molecular flexibility index (Phi) is 3.71. The van der Waals surface area contributed by atoms with Gasteiger partial charge in [0.15, 0.2) is 0 Å². The lowest BCUT2D eigenvalue weighted by atomic mass is 9.93. The molecule has 1 aliphatic carbocycles. The summed E-state index contributed by atoms with van der Waals surface area (Å²) in [5.74, 6) is 0.729. The molecular weight excluding hydrogens is 320 g/mol. The SMILES string of the molecule is Cc1c(NC(=O)C2CC2)nc2[nH]ccc2c1C1=CCN(C(=O)O)CC1. The van der Waals surface area contributed by atoms with Gasteiger partial charge in [0.1, 0.15) is 11.5 Å². The van der Waals surface area contributed by atoms with Gasteiger partial charge in [-0.15, -0.1) is 0 Å². The van der Waals surface area contributed by atoms with E-state index in [2.05, 4.69) is 15.3 Å². The van der Waals surface area contributed by atoms with Gasteiger partial charge in [-0.2, -0.15) is 0 Å². The molecule has 2 aromatic heterocycles. The second kappa shape index (κ2) is 5.91. The van der Waals surface area contributed by atoms with E-state index in [0.717, 1.165) is 40.6 Å². The minimum atomic E-state index is -0.897. The van der Waals surface area contributed by atoms with E-state index in [1.54, 1.807) is 0 Å². The zero-order valence-corrected chi connectivity index (χ0v) is 14.0. The van der Waals surface area contributed by atoms with Crippen molar-refractivity contribution in [1.29, 1.82) is 0 Å². The maximum Gasteiger partial charge on any atom is 0.407 e. The van der Waals surface area contributed by atoms with Crippen molar-refractivity contribution >= 4 is 34.4 Å². The number of carboxylic acid groups (broad SMARTS) is 1. The predicted octanol–water partition coefficient (Wildman–Crippen LogP) is 2.99. The molecule has 0 bridgehead atoms. The van der Waals surface area contributed by atoms with Crippen LogP contribution in [0.4, 0.5) is 10.6 Å². The molecule has 0 aromatic carbocycles. The number of nitrogens with one attached hydrogen (secondary N) is 2. The first-order valence-electron chi connectivity index (χ1n) is 8.50. The van der Waals surface area contributed by atoms with E-state index in [9.17, 15) is 9.59 Å². The number of aromatic amines is 1. The van der Waals surface area contributed by atoms with Gasteiger partial charge >= 0.3 is 6.09 Å². The first-order valence-corrected chi connectivity index (χ1v) is 8.50. The lowest BCUT2D eigenvalue weighted by molar-refractivity contribution is -0.117. The summed E-state index contributed by atoms with van der Waals surface area (Å²) in [6.07, 6.45) is 5.43. The van der Waals surface area contributed by atoms with Crippen LogP contribution < -0.4 is 5.32 Å². The van der Waals surface area contributed by atoms with E-state index in [4.69, 9.17) is 5.11 Å². The summed E-state index contributed by atoms with van der Waals surface area (Å²) in [6.45, 7) is 2.81. The van der Waals surface area contributed by atoms with E-state index >= 15 is 0 Å². The molecule has 4 rings (SSSR count). The fourth-order valence-corrected chi connectivity index (χ4v) is 3.34. The largest absolute Gasteiger partial charge is 0.465 e. The highest BCUT2D eigenvalue weighted by Crippen LogP contribution is 2.35. The third-order valence-electron chi connectivity index (χ3n) is 4.94. The minimum absolute atomic E-state index is 0.0298. The van der Waals surface area contributed by atoms with Crippen LogP contribution in [0.5, 0.6) is 0 Å². The van der Waals surface area contributed by atoms with Gasteiger partial charge in [0.25, 0.3) is 0 Å². The summed E-state index contributed by atoms with van der Waals surface area (Å²) in [5, 5.41) is 13.1. The van der Waals surface area contributed by atoms with Gasteiger partial charge in [0, 0.05) is 36.2 Å². The van der Waals surface area contributed by atoms with Crippen molar-refractivity contribution in [3.63, 3.8) is 0 Å². The molecule has 0 radical (unpaired) electrons. The molecule has 2 amide bonds. The van der Waals surface area contributed by atoms with Crippen LogP contribution >= 0.6 is 0 Å². The van der Waals surface area contributed by atoms with Crippen LogP contribution in [0.1, 0.15) is 30.4 Å². The highest BCUT2D eigenvalue weighted by Gasteiger charge is 2.30. The van der Waals surface area contributed by atoms with E-state index < -0.39 is 6.09 Å². The summed E-state index contributed by atoms with van der Waals surface area (Å²) in [6, 6.07) is 1.97. The number of pyridine rings is 1. The Balaban J connectivity index is 1.74. The lowest BCUT2D eigenvalue weighted by Crippen LogP contribution is -2.33. The van der Waals surface area contributed by atoms with Crippen molar-refractivity contribution in [3.8, 4) is 0 Å². The maximum absolute atomic E-state index is 12.2. The number of carbonyl (C=O) groups is 2.